The van der Waals surface area contributed by atoms with Crippen molar-refractivity contribution in [1.82, 2.24) is 41.5 Å². The fourth-order valence-electron chi connectivity index (χ4n) is 14.5. The third kappa shape index (κ3) is 22.6. The molecule has 0 aliphatic rings. The number of benzene rings is 11. The second kappa shape index (κ2) is 43.7. The molecule has 668 valence electrons. The molecule has 0 unspecified atom stereocenters. The van der Waals surface area contributed by atoms with E-state index < -0.39 is 129 Å². The molecule has 0 fully saturated rings. The molecule has 11 aromatic carbocycles. The minimum atomic E-state index is -1.34. The lowest BCUT2D eigenvalue weighted by Gasteiger charge is -2.19. The van der Waals surface area contributed by atoms with Crippen LogP contribution in [0.4, 0.5) is 32.0 Å². The van der Waals surface area contributed by atoms with E-state index in [1.807, 2.05) is 24.3 Å². The number of amides is 6. The largest absolute Gasteiger partial charge is 0.467 e. The van der Waals surface area contributed by atoms with E-state index >= 15 is 17.6 Å². The molecule has 4 atom stereocenters. The number of rotatable bonds is 25. The van der Waals surface area contributed by atoms with Crippen LogP contribution in [0.3, 0.4) is 0 Å². The fraction of sp³-hybridized carbons (Fsp3) is 0.130. The van der Waals surface area contributed by atoms with Crippen molar-refractivity contribution in [1.29, 1.82) is 15.8 Å². The van der Waals surface area contributed by atoms with Crippen LogP contribution in [-0.2, 0) is 47.9 Å². The van der Waals surface area contributed by atoms with E-state index in [-0.39, 0.29) is 42.5 Å². The third-order valence-electron chi connectivity index (χ3n) is 21.0. The minimum absolute atomic E-state index is 0.0950. The Balaban J connectivity index is 0.000000180. The molecule has 0 aliphatic carbocycles. The van der Waals surface area contributed by atoms with Crippen LogP contribution in [0, 0.1) is 68.9 Å². The lowest BCUT2D eigenvalue weighted by Crippen LogP contribution is -2.43. The summed E-state index contributed by atoms with van der Waals surface area (Å²) in [5.41, 5.74) is 5.91. The van der Waals surface area contributed by atoms with E-state index in [2.05, 4.69) is 46.9 Å². The number of nitrogens with zero attached hydrogens (tertiary/aromatic N) is 6. The van der Waals surface area contributed by atoms with E-state index in [0.29, 0.717) is 120 Å². The second-order valence-electron chi connectivity index (χ2n) is 29.4. The molecule has 0 aliphatic heterocycles. The predicted octanol–water partition coefficient (Wildman–Crippen LogP) is 18.2. The number of carbonyl (C=O) groups excluding carboxylic acids is 9. The van der Waals surface area contributed by atoms with Gasteiger partial charge in [-0.1, -0.05) is 156 Å². The summed E-state index contributed by atoms with van der Waals surface area (Å²) >= 11 is 19.4. The first kappa shape index (κ1) is 95.9. The van der Waals surface area contributed by atoms with Gasteiger partial charge >= 0.3 is 17.9 Å². The molecule has 133 heavy (non-hydrogen) atoms. The number of hydrogen-bond donors (Lipinski definition) is 6. The molecule has 6 amide bonds. The number of hydrogen-bond acceptors (Lipinski definition) is 18. The SMILES string of the molecule is CCNC(=O)c1cc(F)c(C(=O)N[C@@H](Cc2ccc(-c3ccc(C#N)cc3Cl)c3ncccc23)C(=O)OC)c(F)c1.COC(=O)[C@H](Cc1ccc(-c2ccc(C#N)cc2Cl)c2ncccc12)NC(=O)c1c(F)cc(C(=O)N[C@H](C)c2ccccc2)cc1F.COC(=O)[C@H](Cc1ccc(-c2ccc(C#N)cc2Cl)c2ncccc12)NC(=O)c1c(F)cc(C(=O)Nc2ccccc2)cc1F. The van der Waals surface area contributed by atoms with Gasteiger partial charge in [0.25, 0.3) is 35.4 Å². The molecule has 33 heteroatoms. The van der Waals surface area contributed by atoms with Gasteiger partial charge in [-0.15, -0.1) is 0 Å². The lowest BCUT2D eigenvalue weighted by molar-refractivity contribution is -0.143. The highest BCUT2D eigenvalue weighted by molar-refractivity contribution is 6.35. The van der Waals surface area contributed by atoms with Gasteiger partial charge in [-0.3, -0.25) is 43.7 Å². The number of nitriles is 3. The zero-order valence-electron chi connectivity index (χ0n) is 70.7. The summed E-state index contributed by atoms with van der Waals surface area (Å²) in [4.78, 5) is 128. The van der Waals surface area contributed by atoms with Gasteiger partial charge < -0.3 is 46.1 Å². The van der Waals surface area contributed by atoms with Crippen LogP contribution in [0.25, 0.3) is 66.1 Å². The predicted molar refractivity (Wildman–Crippen MR) is 485 cm³/mol. The lowest BCUT2D eigenvalue weighted by atomic mass is 9.94. The maximum atomic E-state index is 15.2. The highest BCUT2D eigenvalue weighted by Gasteiger charge is 2.33. The molecule has 3 aromatic heterocycles. The topological polar surface area (TPSA) is 364 Å². The number of halogens is 9. The molecule has 0 saturated heterocycles. The highest BCUT2D eigenvalue weighted by Crippen LogP contribution is 2.39. The summed E-state index contributed by atoms with van der Waals surface area (Å²) in [5.74, 6) is -16.0. The first-order valence-corrected chi connectivity index (χ1v) is 41.5. The van der Waals surface area contributed by atoms with Crippen molar-refractivity contribution in [3.8, 4) is 51.6 Å². The molecular formula is C100H73Cl3F6N12O12. The Morgan fingerprint density at radius 1 is 0.361 bits per heavy atom. The molecule has 14 aromatic rings. The van der Waals surface area contributed by atoms with Crippen LogP contribution in [0.1, 0.15) is 121 Å². The van der Waals surface area contributed by atoms with Crippen LogP contribution < -0.4 is 31.9 Å². The average molecular weight is 1860 g/mol. The van der Waals surface area contributed by atoms with E-state index in [1.54, 1.807) is 214 Å². The number of aromatic nitrogens is 3. The standard InChI is InChI=1S/C36H27ClF2N4O4.C34H23ClF2N4O4.C30H23ClF2N4O4/c1-20(22-7-4-3-5-8-22)42-34(44)24-16-29(38)32(30(39)17-24)35(45)43-31(36(46)47-2)18-23-11-13-27(33-25(23)9-6-14-41-33)26-12-10-21(19-40)15-28(26)37;1-45-34(44)29(41-33(43)30-27(36)15-21(16-28(30)37)32(42)40-22-6-3-2-4-7-22)17-20-10-12-25(31-23(20)8-5-13-39-31)24-11-9-19(18-38)14-26(24)35;1-3-35-28(38)18-12-23(32)26(24(33)13-18)29(39)37-25(30(40)41-2)14-17-7-9-21(27-19(17)5-4-10-36-27)20-8-6-16(15-34)11-22(20)31/h3-17,20,31H,18H2,1-2H3,(H,42,44)(H,43,45);2-16,29H,17H2,1H3,(H,40,42)(H,41,43);4-13,25H,3,14H2,1-2H3,(H,35,38)(H,37,39)/t20-,31+;29-;25-/m100/s1. The van der Waals surface area contributed by atoms with Crippen LogP contribution in [0.5, 0.6) is 0 Å². The number of nitrogens with one attached hydrogen (secondary N) is 6. The monoisotopic (exact) mass is 1850 g/mol. The summed E-state index contributed by atoms with van der Waals surface area (Å²) in [7, 11) is 3.38. The molecule has 0 radical (unpaired) electrons. The smallest absolute Gasteiger partial charge is 0.328 e. The summed E-state index contributed by atoms with van der Waals surface area (Å²) < 4.78 is 105. The molecule has 0 spiro atoms. The number of pyridine rings is 3. The van der Waals surface area contributed by atoms with Crippen LogP contribution >= 0.6 is 34.8 Å². The van der Waals surface area contributed by atoms with Gasteiger partial charge in [0.15, 0.2) is 0 Å². The first-order valence-electron chi connectivity index (χ1n) is 40.3. The Kier molecular flexibility index (Phi) is 31.5. The molecular weight excluding hydrogens is 1780 g/mol. The Morgan fingerprint density at radius 3 is 0.962 bits per heavy atom. The number of anilines is 1. The molecule has 6 N–H and O–H groups in total. The Hall–Kier alpha value is -16.2. The van der Waals surface area contributed by atoms with Crippen LogP contribution in [-0.4, -0.2) is 114 Å². The van der Waals surface area contributed by atoms with Gasteiger partial charge in [-0.25, -0.2) is 40.7 Å². The van der Waals surface area contributed by atoms with E-state index in [1.165, 1.54) is 0 Å². The number of fused-ring (bicyclic) bond motifs is 3. The molecule has 3 heterocycles. The van der Waals surface area contributed by atoms with Gasteiger partial charge in [0, 0.05) is 131 Å². The van der Waals surface area contributed by atoms with Crippen LogP contribution in [0.2, 0.25) is 15.1 Å². The summed E-state index contributed by atoms with van der Waals surface area (Å²) in [6.45, 7) is 3.62. The highest BCUT2D eigenvalue weighted by atomic mass is 35.5. The molecule has 0 bridgehead atoms. The number of methoxy groups -OCH3 is 3. The van der Waals surface area contributed by atoms with Crippen molar-refractivity contribution in [2.45, 2.75) is 57.3 Å². The maximum Gasteiger partial charge on any atom is 0.328 e. The summed E-state index contributed by atoms with van der Waals surface area (Å²) in [6.07, 6.45) is 4.45. The van der Waals surface area contributed by atoms with Crippen molar-refractivity contribution in [2.24, 2.45) is 0 Å². The number of carbonyl (C=O) groups is 9. The fourth-order valence-corrected chi connectivity index (χ4v) is 15.4. The second-order valence-corrected chi connectivity index (χ2v) is 30.6. The molecule has 24 nitrogen and oxygen atoms in total. The maximum absolute atomic E-state index is 15.2. The van der Waals surface area contributed by atoms with Crippen molar-refractivity contribution >= 4 is 127 Å². The quantitative estimate of drug-likeness (QED) is 0.0176. The van der Waals surface area contributed by atoms with Crippen molar-refractivity contribution < 1.29 is 83.7 Å². The number of ether oxygens (including phenoxy) is 3. The van der Waals surface area contributed by atoms with Crippen LogP contribution in [0.15, 0.2) is 243 Å². The minimum Gasteiger partial charge on any atom is -0.467 e. The van der Waals surface area contributed by atoms with E-state index in [4.69, 9.17) is 54.3 Å². The van der Waals surface area contributed by atoms with Gasteiger partial charge in [-0.05, 0) is 139 Å². The zero-order valence-corrected chi connectivity index (χ0v) is 73.0. The van der Waals surface area contributed by atoms with E-state index in [9.17, 15) is 62.5 Å². The van der Waals surface area contributed by atoms with E-state index in [0.717, 1.165) is 63.3 Å². The third-order valence-corrected chi connectivity index (χ3v) is 21.9. The summed E-state index contributed by atoms with van der Waals surface area (Å²) in [5, 5.41) is 45.2. The van der Waals surface area contributed by atoms with Crippen molar-refractivity contribution in [3.05, 3.63) is 365 Å². The molecule has 14 rings (SSSR count). The number of esters is 3. The Morgan fingerprint density at radius 2 is 0.662 bits per heavy atom. The molecule has 0 saturated carbocycles. The van der Waals surface area contributed by atoms with Gasteiger partial charge in [0.05, 0.1) is 78.8 Å². The Labute approximate surface area is 770 Å². The van der Waals surface area contributed by atoms with Crippen molar-refractivity contribution in [2.75, 3.05) is 33.2 Å². The Bertz CT molecular complexity index is 7020. The summed E-state index contributed by atoms with van der Waals surface area (Å²) in [6, 6.07) is 59.0. The van der Waals surface area contributed by atoms with Gasteiger partial charge in [0.2, 0.25) is 0 Å². The number of para-hydroxylation sites is 1. The van der Waals surface area contributed by atoms with Gasteiger partial charge in [0.1, 0.15) is 69.7 Å². The zero-order chi connectivity index (χ0) is 95.4. The average Bonchev–Trinajstić information content (AvgIpc) is 0.780. The first-order chi connectivity index (χ1) is 64.0. The van der Waals surface area contributed by atoms with Crippen molar-refractivity contribution in [3.63, 3.8) is 0 Å². The normalized spacial score (nSPS) is 11.6. The van der Waals surface area contributed by atoms with Gasteiger partial charge in [-0.2, -0.15) is 15.8 Å².